The molecule has 5 nitrogen and oxygen atoms in total. The van der Waals surface area contributed by atoms with Crippen molar-refractivity contribution < 1.29 is 0 Å². The Morgan fingerprint density at radius 2 is 0.810 bits per heavy atom. The van der Waals surface area contributed by atoms with Gasteiger partial charge in [0.2, 0.25) is 14.0 Å². The van der Waals surface area contributed by atoms with Crippen LogP contribution in [0.25, 0.3) is 77.9 Å². The van der Waals surface area contributed by atoms with Crippen LogP contribution in [-0.2, 0) is 0 Å². The van der Waals surface area contributed by atoms with E-state index in [0.29, 0.717) is 5.95 Å². The summed E-state index contributed by atoms with van der Waals surface area (Å²) in [4.78, 5) is 16.5. The van der Waals surface area contributed by atoms with Crippen LogP contribution in [0.2, 0.25) is 0 Å². The zero-order valence-corrected chi connectivity index (χ0v) is 35.3. The highest BCUT2D eigenvalue weighted by atomic mass is 28.3. The number of benzene rings is 8. The number of rotatable bonds is 8. The van der Waals surface area contributed by atoms with Gasteiger partial charge in [-0.05, 0) is 52.0 Å². The van der Waals surface area contributed by atoms with Gasteiger partial charge in [0.05, 0.1) is 33.5 Å². The second-order valence-corrected chi connectivity index (χ2v) is 19.7. The highest BCUT2D eigenvalue weighted by Crippen LogP contribution is 2.41. The maximum atomic E-state index is 5.85. The molecule has 0 aliphatic carbocycles. The molecular formula is C57H39N5Si. The molecule has 0 amide bonds. The van der Waals surface area contributed by atoms with Gasteiger partial charge in [0.15, 0.2) is 0 Å². The van der Waals surface area contributed by atoms with Crippen LogP contribution in [0, 0.1) is 0 Å². The molecule has 4 heterocycles. The van der Waals surface area contributed by atoms with E-state index in [1.807, 2.05) is 12.1 Å². The zero-order valence-electron chi connectivity index (χ0n) is 34.3. The first-order chi connectivity index (χ1) is 31.3. The number of nitrogens with zero attached hydrogens (tertiary/aromatic N) is 5. The molecule has 0 fully saturated rings. The Hall–Kier alpha value is -8.19. The van der Waals surface area contributed by atoms with E-state index in [2.05, 4.69) is 234 Å². The summed E-state index contributed by atoms with van der Waals surface area (Å²) in [5, 5.41) is 9.50. The van der Waals surface area contributed by atoms with Crippen molar-refractivity contribution in [2.75, 3.05) is 0 Å². The van der Waals surface area contributed by atoms with Crippen LogP contribution >= 0.6 is 0 Å². The van der Waals surface area contributed by atoms with Gasteiger partial charge in [-0.1, -0.05) is 200 Å². The van der Waals surface area contributed by atoms with E-state index in [1.54, 1.807) is 0 Å². The fraction of sp³-hybridized carbons (Fsp3) is 0. The minimum Gasteiger partial charge on any atom is -0.293 e. The monoisotopic (exact) mass is 821 g/mol. The fourth-order valence-electron chi connectivity index (χ4n) is 9.77. The van der Waals surface area contributed by atoms with Gasteiger partial charge in [0.1, 0.15) is 5.82 Å². The topological polar surface area (TPSA) is 48.5 Å². The molecule has 0 saturated heterocycles. The average molecular weight is 822 g/mol. The number of hydrogen-bond donors (Lipinski definition) is 0. The molecule has 0 aliphatic rings. The maximum absolute atomic E-state index is 5.85. The lowest BCUT2D eigenvalue weighted by Crippen LogP contribution is -2.75. The lowest BCUT2D eigenvalue weighted by atomic mass is 10.1. The minimum absolute atomic E-state index is 0.618. The smallest absolute Gasteiger partial charge is 0.235 e. The van der Waals surface area contributed by atoms with E-state index in [1.165, 1.54) is 20.9 Å². The van der Waals surface area contributed by atoms with Crippen molar-refractivity contribution >= 4 is 72.6 Å². The van der Waals surface area contributed by atoms with Crippen LogP contribution in [0.3, 0.4) is 0 Å². The second-order valence-electron chi connectivity index (χ2n) is 16.0. The molecule has 4 aromatic heterocycles. The molecule has 63 heavy (non-hydrogen) atoms. The van der Waals surface area contributed by atoms with Crippen molar-refractivity contribution in [3.63, 3.8) is 0 Å². The number of pyridine rings is 1. The Morgan fingerprint density at radius 1 is 0.333 bits per heavy atom. The molecule has 0 N–H and O–H groups in total. The van der Waals surface area contributed by atoms with Gasteiger partial charge in [0, 0.05) is 38.0 Å². The van der Waals surface area contributed by atoms with Crippen molar-refractivity contribution in [2.24, 2.45) is 0 Å². The normalized spacial score (nSPS) is 11.8. The average Bonchev–Trinajstić information content (AvgIpc) is 3.89. The zero-order chi connectivity index (χ0) is 41.7. The minimum atomic E-state index is -2.93. The Balaban J connectivity index is 1.17. The Bertz CT molecular complexity index is 3450. The predicted molar refractivity (Wildman–Crippen MR) is 263 cm³/mol. The molecule has 6 heteroatoms. The van der Waals surface area contributed by atoms with Crippen molar-refractivity contribution in [2.45, 2.75) is 0 Å². The SMILES string of the molecule is c1ccc(-c2cc(-c3ccccc3)nc(-n3c4ccccc4c4c3ccc3c5ccccc5n(-c5cccc([Si](c6ccccc6)(c6ccccc6)c6ccccc6)n5)c34)n2)cc1. The molecule has 12 rings (SSSR count). The summed E-state index contributed by atoms with van der Waals surface area (Å²) in [6.07, 6.45) is 0. The van der Waals surface area contributed by atoms with Gasteiger partial charge in [-0.3, -0.25) is 9.13 Å². The number of fused-ring (bicyclic) bond motifs is 7. The molecule has 12 aromatic rings. The molecule has 0 atom stereocenters. The molecule has 0 spiro atoms. The number of hydrogen-bond acceptors (Lipinski definition) is 3. The quantitative estimate of drug-likeness (QED) is 0.113. The van der Waals surface area contributed by atoms with Crippen LogP contribution in [-0.4, -0.2) is 32.2 Å². The van der Waals surface area contributed by atoms with Gasteiger partial charge in [-0.15, -0.1) is 0 Å². The number of para-hydroxylation sites is 2. The summed E-state index contributed by atoms with van der Waals surface area (Å²) in [5.74, 6) is 1.49. The molecule has 0 unspecified atom stereocenters. The summed E-state index contributed by atoms with van der Waals surface area (Å²) in [6.45, 7) is 0. The summed E-state index contributed by atoms with van der Waals surface area (Å²) in [7, 11) is -2.93. The van der Waals surface area contributed by atoms with Gasteiger partial charge >= 0.3 is 0 Å². The first-order valence-electron chi connectivity index (χ1n) is 21.4. The van der Waals surface area contributed by atoms with Crippen molar-refractivity contribution in [1.82, 2.24) is 24.1 Å². The van der Waals surface area contributed by atoms with Gasteiger partial charge < -0.3 is 0 Å². The van der Waals surface area contributed by atoms with Crippen LogP contribution in [0.1, 0.15) is 0 Å². The van der Waals surface area contributed by atoms with Crippen LogP contribution in [0.4, 0.5) is 0 Å². The largest absolute Gasteiger partial charge is 0.293 e. The molecule has 0 bridgehead atoms. The van der Waals surface area contributed by atoms with Crippen LogP contribution in [0.15, 0.2) is 237 Å². The van der Waals surface area contributed by atoms with Gasteiger partial charge in [-0.2, -0.15) is 0 Å². The third kappa shape index (κ3) is 5.87. The van der Waals surface area contributed by atoms with E-state index in [9.17, 15) is 0 Å². The summed E-state index contributed by atoms with van der Waals surface area (Å²) >= 11 is 0. The van der Waals surface area contributed by atoms with Crippen molar-refractivity contribution in [3.8, 4) is 34.3 Å². The summed E-state index contributed by atoms with van der Waals surface area (Å²) in [6, 6.07) is 84.4. The lowest BCUT2D eigenvalue weighted by molar-refractivity contribution is 0.995. The van der Waals surface area contributed by atoms with Crippen LogP contribution in [0.5, 0.6) is 0 Å². The Morgan fingerprint density at radius 3 is 1.37 bits per heavy atom. The molecular weight excluding hydrogens is 783 g/mol. The van der Waals surface area contributed by atoms with Gasteiger partial charge in [-0.25, -0.2) is 15.0 Å². The van der Waals surface area contributed by atoms with Crippen molar-refractivity contribution in [3.05, 3.63) is 237 Å². The fourth-order valence-corrected chi connectivity index (χ4v) is 14.4. The van der Waals surface area contributed by atoms with E-state index in [0.717, 1.165) is 71.9 Å². The van der Waals surface area contributed by atoms with E-state index in [-0.39, 0.29) is 0 Å². The third-order valence-electron chi connectivity index (χ3n) is 12.5. The van der Waals surface area contributed by atoms with Crippen molar-refractivity contribution in [1.29, 1.82) is 0 Å². The summed E-state index contributed by atoms with van der Waals surface area (Å²) < 4.78 is 4.64. The number of aromatic nitrogens is 5. The first-order valence-corrected chi connectivity index (χ1v) is 23.4. The van der Waals surface area contributed by atoms with Crippen LogP contribution < -0.4 is 20.9 Å². The standard InChI is InChI=1S/C57H39N5Si/c1-6-21-40(22-7-1)48-39-49(41-23-8-2-9-24-41)59-57(58-48)61-51-34-19-17-32-47(51)55-52(61)38-37-46-45-31-16-18-33-50(45)62(56(46)55)53-35-20-36-54(60-53)63(42-25-10-3-11-26-42,43-27-12-4-13-28-43)44-29-14-5-15-30-44/h1-39H. The van der Waals surface area contributed by atoms with E-state index in [4.69, 9.17) is 15.0 Å². The second kappa shape index (κ2) is 15.1. The van der Waals surface area contributed by atoms with E-state index >= 15 is 0 Å². The predicted octanol–water partition coefficient (Wildman–Crippen LogP) is 10.8. The molecule has 0 radical (unpaired) electrons. The Kier molecular flexibility index (Phi) is 8.76. The third-order valence-corrected chi connectivity index (χ3v) is 17.1. The molecule has 8 aromatic carbocycles. The molecule has 0 aliphatic heterocycles. The maximum Gasteiger partial charge on any atom is 0.235 e. The first kappa shape index (κ1) is 36.6. The Labute approximate surface area is 365 Å². The lowest BCUT2D eigenvalue weighted by Gasteiger charge is -2.33. The van der Waals surface area contributed by atoms with Gasteiger partial charge in [0.25, 0.3) is 0 Å². The molecule has 0 saturated carbocycles. The highest BCUT2D eigenvalue weighted by molar-refractivity contribution is 7.19. The van der Waals surface area contributed by atoms with E-state index < -0.39 is 8.07 Å². The highest BCUT2D eigenvalue weighted by Gasteiger charge is 2.43. The molecule has 296 valence electrons. The summed E-state index contributed by atoms with van der Waals surface area (Å²) in [5.41, 5.74) is 8.06.